The minimum atomic E-state index is -3.95. The fraction of sp³-hybridized carbons (Fsp3) is 0.346. The first-order valence-electron chi connectivity index (χ1n) is 11.8. The Balaban J connectivity index is 1.31. The van der Waals surface area contributed by atoms with Crippen LogP contribution in [0.5, 0.6) is 0 Å². The van der Waals surface area contributed by atoms with Gasteiger partial charge in [0.05, 0.1) is 16.6 Å². The third kappa shape index (κ3) is 4.45. The summed E-state index contributed by atoms with van der Waals surface area (Å²) in [5, 5.41) is 3.32. The largest absolute Gasteiger partial charge is 0.445 e. The molecule has 2 saturated heterocycles. The lowest BCUT2D eigenvalue weighted by Gasteiger charge is -2.42. The molecule has 0 saturated carbocycles. The fourth-order valence-electron chi connectivity index (χ4n) is 5.19. The molecule has 1 atom stereocenters. The quantitative estimate of drug-likeness (QED) is 0.638. The van der Waals surface area contributed by atoms with E-state index in [1.54, 1.807) is 23.3 Å². The summed E-state index contributed by atoms with van der Waals surface area (Å²) in [5.41, 5.74) is 0.891. The van der Waals surface area contributed by atoms with Gasteiger partial charge >= 0.3 is 6.09 Å². The zero-order valence-electron chi connectivity index (χ0n) is 19.5. The van der Waals surface area contributed by atoms with E-state index in [0.29, 0.717) is 31.6 Å². The number of sulfonamides is 1. The molecule has 1 unspecified atom stereocenters. The molecule has 5 rings (SSSR count). The van der Waals surface area contributed by atoms with Gasteiger partial charge in [-0.05, 0) is 48.9 Å². The number of rotatable bonds is 5. The molecule has 1 spiro atoms. The molecule has 0 aromatic heterocycles. The lowest BCUT2D eigenvalue weighted by Crippen LogP contribution is -2.51. The van der Waals surface area contributed by atoms with Gasteiger partial charge in [-0.25, -0.2) is 22.0 Å². The second-order valence-electron chi connectivity index (χ2n) is 9.32. The first-order valence-corrected chi connectivity index (χ1v) is 13.2. The summed E-state index contributed by atoms with van der Waals surface area (Å²) in [6.45, 7) is 1.32. The van der Waals surface area contributed by atoms with Crippen molar-refractivity contribution < 1.29 is 26.7 Å². The first kappa shape index (κ1) is 24.3. The molecule has 1 N–H and O–H groups in total. The molecule has 0 bridgehead atoms. The third-order valence-electron chi connectivity index (χ3n) is 7.22. The van der Waals surface area contributed by atoms with Crippen LogP contribution in [0.2, 0.25) is 0 Å². The highest BCUT2D eigenvalue weighted by Gasteiger charge is 2.54. The highest BCUT2D eigenvalue weighted by atomic mass is 32.2. The number of hydrogen-bond acceptors (Lipinski definition) is 5. The van der Waals surface area contributed by atoms with Crippen molar-refractivity contribution in [1.82, 2.24) is 14.5 Å². The molecule has 7 nitrogen and oxygen atoms in total. The van der Waals surface area contributed by atoms with Crippen LogP contribution in [0.1, 0.15) is 30.4 Å². The second kappa shape index (κ2) is 9.57. The van der Waals surface area contributed by atoms with Crippen molar-refractivity contribution in [2.24, 2.45) is 5.41 Å². The monoisotopic (exact) mass is 515 g/mol. The van der Waals surface area contributed by atoms with Gasteiger partial charge in [0.25, 0.3) is 16.4 Å². The molecule has 3 aliphatic rings. The number of hydrogen-bond donors (Lipinski definition) is 1. The summed E-state index contributed by atoms with van der Waals surface area (Å²) < 4.78 is 59.9. The Hall–Kier alpha value is -3.40. The SMILES string of the molecule is O=C(OCc1ccccc1)N1CCC2(CC1)CN(S(=O)(=O)c1ccc(C(F)F)cc1)C1=CC=CNC12. The highest BCUT2D eigenvalue weighted by molar-refractivity contribution is 7.89. The van der Waals surface area contributed by atoms with Gasteiger partial charge in [0.1, 0.15) is 6.61 Å². The van der Waals surface area contributed by atoms with Gasteiger partial charge in [-0.3, -0.25) is 4.31 Å². The maximum Gasteiger partial charge on any atom is 0.410 e. The molecule has 190 valence electrons. The molecule has 2 aromatic rings. The van der Waals surface area contributed by atoms with Crippen LogP contribution >= 0.6 is 0 Å². The topological polar surface area (TPSA) is 79.0 Å². The van der Waals surface area contributed by atoms with Crippen molar-refractivity contribution in [3.05, 3.63) is 89.8 Å². The summed E-state index contributed by atoms with van der Waals surface area (Å²) in [6, 6.07) is 14.0. The molecule has 10 heteroatoms. The Labute approximate surface area is 209 Å². The summed E-state index contributed by atoms with van der Waals surface area (Å²) in [4.78, 5) is 14.3. The molecule has 36 heavy (non-hydrogen) atoms. The number of likely N-dealkylation sites (tertiary alicyclic amines) is 1. The van der Waals surface area contributed by atoms with E-state index in [4.69, 9.17) is 4.74 Å². The van der Waals surface area contributed by atoms with Crippen molar-refractivity contribution in [3.8, 4) is 0 Å². The van der Waals surface area contributed by atoms with E-state index in [1.165, 1.54) is 16.4 Å². The van der Waals surface area contributed by atoms with Gasteiger partial charge < -0.3 is 15.0 Å². The second-order valence-corrected chi connectivity index (χ2v) is 11.2. The zero-order valence-corrected chi connectivity index (χ0v) is 20.3. The number of amides is 1. The summed E-state index contributed by atoms with van der Waals surface area (Å²) in [5.74, 6) is 0. The number of benzene rings is 2. The number of halogens is 2. The van der Waals surface area contributed by atoms with Crippen molar-refractivity contribution in [3.63, 3.8) is 0 Å². The van der Waals surface area contributed by atoms with Gasteiger partial charge in [0.2, 0.25) is 0 Å². The lowest BCUT2D eigenvalue weighted by molar-refractivity contribution is 0.0592. The molecule has 3 heterocycles. The van der Waals surface area contributed by atoms with Gasteiger partial charge in [-0.15, -0.1) is 0 Å². The van der Waals surface area contributed by atoms with E-state index in [0.717, 1.165) is 17.7 Å². The highest BCUT2D eigenvalue weighted by Crippen LogP contribution is 2.48. The van der Waals surface area contributed by atoms with Crippen molar-refractivity contribution >= 4 is 16.1 Å². The number of allylic oxidation sites excluding steroid dienone is 2. The van der Waals surface area contributed by atoms with Crippen LogP contribution in [0, 0.1) is 5.41 Å². The Kier molecular flexibility index (Phi) is 6.46. The molecule has 2 aromatic carbocycles. The van der Waals surface area contributed by atoms with E-state index < -0.39 is 21.9 Å². The summed E-state index contributed by atoms with van der Waals surface area (Å²) in [7, 11) is -3.95. The van der Waals surface area contributed by atoms with Crippen molar-refractivity contribution in [2.75, 3.05) is 19.6 Å². The van der Waals surface area contributed by atoms with Crippen LogP contribution in [-0.4, -0.2) is 49.4 Å². The lowest BCUT2D eigenvalue weighted by atomic mass is 9.73. The van der Waals surface area contributed by atoms with E-state index in [-0.39, 0.29) is 35.7 Å². The number of alkyl halides is 2. The summed E-state index contributed by atoms with van der Waals surface area (Å²) >= 11 is 0. The number of carbonyl (C=O) groups excluding carboxylic acids is 1. The van der Waals surface area contributed by atoms with Crippen LogP contribution < -0.4 is 5.32 Å². The smallest absolute Gasteiger partial charge is 0.410 e. The van der Waals surface area contributed by atoms with E-state index in [1.807, 2.05) is 30.3 Å². The van der Waals surface area contributed by atoms with E-state index in [9.17, 15) is 22.0 Å². The molecule has 2 fully saturated rings. The first-order chi connectivity index (χ1) is 17.3. The Morgan fingerprint density at radius 2 is 1.78 bits per heavy atom. The van der Waals surface area contributed by atoms with Crippen LogP contribution in [0.3, 0.4) is 0 Å². The molecule has 0 radical (unpaired) electrons. The number of piperidine rings is 1. The van der Waals surface area contributed by atoms with Gasteiger partial charge in [-0.1, -0.05) is 42.5 Å². The minimum absolute atomic E-state index is 0.0277. The fourth-order valence-corrected chi connectivity index (χ4v) is 6.80. The standard InChI is InChI=1S/C26H27F2N3O4S/c27-24(28)20-8-10-21(11-9-20)36(33,34)31-18-26(23-22(31)7-4-14-29-23)12-15-30(16-13-26)25(32)35-17-19-5-2-1-3-6-19/h1-11,14,23-24,29H,12-13,15-18H2. The van der Waals surface area contributed by atoms with Gasteiger partial charge in [0.15, 0.2) is 0 Å². The molecule has 0 aliphatic carbocycles. The maximum absolute atomic E-state index is 13.6. The van der Waals surface area contributed by atoms with Crippen molar-refractivity contribution in [2.45, 2.75) is 36.8 Å². The van der Waals surface area contributed by atoms with Crippen molar-refractivity contribution in [1.29, 1.82) is 0 Å². The Morgan fingerprint density at radius 1 is 1.08 bits per heavy atom. The number of ether oxygens (including phenoxy) is 1. The van der Waals surface area contributed by atoms with Gasteiger partial charge in [0, 0.05) is 30.6 Å². The van der Waals surface area contributed by atoms with E-state index >= 15 is 0 Å². The predicted octanol–water partition coefficient (Wildman–Crippen LogP) is 4.42. The van der Waals surface area contributed by atoms with Crippen LogP contribution in [0.4, 0.5) is 13.6 Å². The number of nitrogens with one attached hydrogen (secondary N) is 1. The minimum Gasteiger partial charge on any atom is -0.445 e. The normalized spacial score (nSPS) is 20.8. The Bertz CT molecular complexity index is 1270. The predicted molar refractivity (Wildman–Crippen MR) is 129 cm³/mol. The number of fused-ring (bicyclic) bond motifs is 2. The van der Waals surface area contributed by atoms with Crippen LogP contribution in [0.15, 0.2) is 83.5 Å². The van der Waals surface area contributed by atoms with Crippen LogP contribution in [-0.2, 0) is 21.4 Å². The number of carbonyl (C=O) groups is 1. The molecular weight excluding hydrogens is 488 g/mol. The van der Waals surface area contributed by atoms with Gasteiger partial charge in [-0.2, -0.15) is 0 Å². The molecular formula is C26H27F2N3O4S. The maximum atomic E-state index is 13.6. The van der Waals surface area contributed by atoms with Crippen LogP contribution in [0.25, 0.3) is 0 Å². The molecule has 1 amide bonds. The summed E-state index contributed by atoms with van der Waals surface area (Å²) in [6.07, 6.45) is 3.46. The number of dihydropyridines is 1. The molecule has 3 aliphatic heterocycles. The third-order valence-corrected chi connectivity index (χ3v) is 9.01. The average Bonchev–Trinajstić information content (AvgIpc) is 3.23. The number of nitrogens with zero attached hydrogens (tertiary/aromatic N) is 2. The Morgan fingerprint density at radius 3 is 2.44 bits per heavy atom. The van der Waals surface area contributed by atoms with E-state index in [2.05, 4.69) is 5.32 Å². The zero-order chi connectivity index (χ0) is 25.3. The average molecular weight is 516 g/mol.